The van der Waals surface area contributed by atoms with Gasteiger partial charge < -0.3 is 9.64 Å². The molecule has 152 valence electrons. The van der Waals surface area contributed by atoms with Gasteiger partial charge in [0.15, 0.2) is 0 Å². The second-order valence-corrected chi connectivity index (χ2v) is 8.23. The van der Waals surface area contributed by atoms with Crippen LogP contribution in [0.5, 0.6) is 5.75 Å². The first kappa shape index (κ1) is 21.8. The Kier molecular flexibility index (Phi) is 7.45. The highest BCUT2D eigenvalue weighted by Crippen LogP contribution is 2.27. The zero-order chi connectivity index (χ0) is 20.7. The second-order valence-electron chi connectivity index (χ2n) is 6.58. The summed E-state index contributed by atoms with van der Waals surface area (Å²) in [4.78, 5) is 14.5. The highest BCUT2D eigenvalue weighted by molar-refractivity contribution is 7.92. The number of aryl methyl sites for hydroxylation is 1. The molecule has 7 heteroatoms. The molecule has 1 N–H and O–H groups in total. The summed E-state index contributed by atoms with van der Waals surface area (Å²) in [5.74, 6) is -0.00171. The lowest BCUT2D eigenvalue weighted by Crippen LogP contribution is -2.32. The number of hydrogen-bond donors (Lipinski definition) is 1. The van der Waals surface area contributed by atoms with Crippen molar-refractivity contribution in [1.29, 1.82) is 0 Å². The Morgan fingerprint density at radius 2 is 1.79 bits per heavy atom. The van der Waals surface area contributed by atoms with Crippen molar-refractivity contribution in [2.75, 3.05) is 24.9 Å². The smallest absolute Gasteiger partial charge is 0.265 e. The van der Waals surface area contributed by atoms with E-state index in [1.807, 2.05) is 26.0 Å². The largest absolute Gasteiger partial charge is 0.495 e. The van der Waals surface area contributed by atoms with Gasteiger partial charge in [-0.25, -0.2) is 8.42 Å². The molecule has 1 amide bonds. The van der Waals surface area contributed by atoms with Gasteiger partial charge in [-0.3, -0.25) is 9.52 Å². The number of unbranched alkanes of at least 4 members (excludes halogenated alkanes) is 1. The van der Waals surface area contributed by atoms with E-state index in [1.165, 1.54) is 19.2 Å². The molecule has 0 fully saturated rings. The SMILES string of the molecule is CCCCN(CC)C(=O)c1ccc(OC)c(S(=O)(=O)Nc2ccc(C)cc2)c1. The molecule has 0 aromatic heterocycles. The second kappa shape index (κ2) is 9.59. The van der Waals surface area contributed by atoms with E-state index in [0.717, 1.165) is 18.4 Å². The van der Waals surface area contributed by atoms with Gasteiger partial charge in [-0.05, 0) is 50.6 Å². The summed E-state index contributed by atoms with van der Waals surface area (Å²) in [6.07, 6.45) is 1.88. The van der Waals surface area contributed by atoms with E-state index in [1.54, 1.807) is 23.1 Å². The normalized spacial score (nSPS) is 11.1. The third-order valence-electron chi connectivity index (χ3n) is 4.45. The van der Waals surface area contributed by atoms with E-state index < -0.39 is 10.0 Å². The number of amides is 1. The molecule has 6 nitrogen and oxygen atoms in total. The first-order valence-electron chi connectivity index (χ1n) is 9.39. The minimum atomic E-state index is -3.92. The summed E-state index contributed by atoms with van der Waals surface area (Å²) in [6, 6.07) is 11.5. The predicted octanol–water partition coefficient (Wildman–Crippen LogP) is 4.07. The lowest BCUT2D eigenvalue weighted by atomic mass is 10.1. The minimum absolute atomic E-state index is 0.0621. The Hall–Kier alpha value is -2.54. The van der Waals surface area contributed by atoms with Crippen LogP contribution < -0.4 is 9.46 Å². The predicted molar refractivity (Wildman–Crippen MR) is 111 cm³/mol. The highest BCUT2D eigenvalue weighted by atomic mass is 32.2. The van der Waals surface area contributed by atoms with Crippen molar-refractivity contribution in [2.45, 2.75) is 38.5 Å². The zero-order valence-corrected chi connectivity index (χ0v) is 17.7. The molecule has 0 saturated carbocycles. The molecule has 0 spiro atoms. The number of hydrogen-bond acceptors (Lipinski definition) is 4. The molecular formula is C21H28N2O4S. The molecule has 0 radical (unpaired) electrons. The number of rotatable bonds is 9. The third kappa shape index (κ3) is 5.25. The van der Waals surface area contributed by atoms with Crippen molar-refractivity contribution in [2.24, 2.45) is 0 Å². The summed E-state index contributed by atoms with van der Waals surface area (Å²) in [6.45, 7) is 7.10. The van der Waals surface area contributed by atoms with Crippen LogP contribution in [-0.2, 0) is 10.0 Å². The average Bonchev–Trinajstić information content (AvgIpc) is 2.69. The fraction of sp³-hybridized carbons (Fsp3) is 0.381. The molecule has 2 aromatic rings. The van der Waals surface area contributed by atoms with E-state index in [4.69, 9.17) is 4.74 Å². The van der Waals surface area contributed by atoms with E-state index >= 15 is 0 Å². The molecule has 0 aliphatic heterocycles. The first-order chi connectivity index (χ1) is 13.3. The molecule has 0 heterocycles. The molecule has 0 bridgehead atoms. The van der Waals surface area contributed by atoms with Crippen molar-refractivity contribution in [3.05, 3.63) is 53.6 Å². The van der Waals surface area contributed by atoms with E-state index in [9.17, 15) is 13.2 Å². The fourth-order valence-corrected chi connectivity index (χ4v) is 4.04. The number of nitrogens with one attached hydrogen (secondary N) is 1. The molecule has 28 heavy (non-hydrogen) atoms. The summed E-state index contributed by atoms with van der Waals surface area (Å²) in [5, 5.41) is 0. The molecule has 2 aromatic carbocycles. The molecule has 0 saturated heterocycles. The van der Waals surface area contributed by atoms with Gasteiger partial charge >= 0.3 is 0 Å². The summed E-state index contributed by atoms with van der Waals surface area (Å²) in [7, 11) is -2.52. The van der Waals surface area contributed by atoms with Crippen molar-refractivity contribution in [1.82, 2.24) is 4.90 Å². The van der Waals surface area contributed by atoms with Crippen molar-refractivity contribution < 1.29 is 17.9 Å². The van der Waals surface area contributed by atoms with Gasteiger partial charge in [-0.15, -0.1) is 0 Å². The summed E-state index contributed by atoms with van der Waals surface area (Å²) >= 11 is 0. The monoisotopic (exact) mass is 404 g/mol. The highest BCUT2D eigenvalue weighted by Gasteiger charge is 2.23. The quantitative estimate of drug-likeness (QED) is 0.684. The van der Waals surface area contributed by atoms with Crippen LogP contribution in [0.1, 0.15) is 42.6 Å². The molecule has 0 unspecified atom stereocenters. The number of nitrogens with zero attached hydrogens (tertiary/aromatic N) is 1. The van der Waals surface area contributed by atoms with Crippen LogP contribution in [0.15, 0.2) is 47.4 Å². The lowest BCUT2D eigenvalue weighted by molar-refractivity contribution is 0.0762. The Labute approximate surface area is 167 Å². The van der Waals surface area contributed by atoms with E-state index in [2.05, 4.69) is 11.6 Å². The Balaban J connectivity index is 2.38. The Morgan fingerprint density at radius 3 is 2.36 bits per heavy atom. The van der Waals surface area contributed by atoms with Gasteiger partial charge in [0.05, 0.1) is 7.11 Å². The number of carbonyl (C=O) groups excluding carboxylic acids is 1. The maximum atomic E-state index is 12.9. The summed E-state index contributed by atoms with van der Waals surface area (Å²) < 4.78 is 33.7. The number of benzene rings is 2. The van der Waals surface area contributed by atoms with E-state index in [0.29, 0.717) is 24.3 Å². The van der Waals surface area contributed by atoms with Crippen molar-refractivity contribution >= 4 is 21.6 Å². The van der Waals surface area contributed by atoms with Crippen molar-refractivity contribution in [3.63, 3.8) is 0 Å². The molecular weight excluding hydrogens is 376 g/mol. The standard InChI is InChI=1S/C21H28N2O4S/c1-5-7-14-23(6-2)21(24)17-10-13-19(27-4)20(15-17)28(25,26)22-18-11-8-16(3)9-12-18/h8-13,15,22H,5-7,14H2,1-4H3. The average molecular weight is 405 g/mol. The zero-order valence-electron chi connectivity index (χ0n) is 16.9. The van der Waals surface area contributed by atoms with Gasteiger partial charge in [-0.1, -0.05) is 31.0 Å². The number of methoxy groups -OCH3 is 1. The topological polar surface area (TPSA) is 75.7 Å². The number of sulfonamides is 1. The fourth-order valence-electron chi connectivity index (χ4n) is 2.79. The number of carbonyl (C=O) groups is 1. The van der Waals surface area contributed by atoms with Crippen molar-refractivity contribution in [3.8, 4) is 5.75 Å². The number of ether oxygens (including phenoxy) is 1. The van der Waals surface area contributed by atoms with Crippen LogP contribution in [0.3, 0.4) is 0 Å². The van der Waals surface area contributed by atoms with Crippen LogP contribution in [-0.4, -0.2) is 39.4 Å². The molecule has 0 aliphatic rings. The maximum absolute atomic E-state index is 12.9. The van der Waals surface area contributed by atoms with Crippen LogP contribution in [0.2, 0.25) is 0 Å². The summed E-state index contributed by atoms with van der Waals surface area (Å²) in [5.41, 5.74) is 1.80. The van der Waals surface area contributed by atoms with E-state index in [-0.39, 0.29) is 16.6 Å². The van der Waals surface area contributed by atoms with Gasteiger partial charge in [0, 0.05) is 24.3 Å². The maximum Gasteiger partial charge on any atom is 0.265 e. The molecule has 2 rings (SSSR count). The third-order valence-corrected chi connectivity index (χ3v) is 5.86. The molecule has 0 aliphatic carbocycles. The van der Waals surface area contributed by atoms with Crippen LogP contribution >= 0.6 is 0 Å². The van der Waals surface area contributed by atoms with Crippen LogP contribution in [0.4, 0.5) is 5.69 Å². The van der Waals surface area contributed by atoms with Gasteiger partial charge in [0.2, 0.25) is 0 Å². The van der Waals surface area contributed by atoms with Gasteiger partial charge in [0.25, 0.3) is 15.9 Å². The van der Waals surface area contributed by atoms with Gasteiger partial charge in [0.1, 0.15) is 10.6 Å². The minimum Gasteiger partial charge on any atom is -0.495 e. The Bertz CT molecular complexity index is 909. The Morgan fingerprint density at radius 1 is 1.11 bits per heavy atom. The molecule has 0 atom stereocenters. The van der Waals surface area contributed by atoms with Crippen LogP contribution in [0, 0.1) is 6.92 Å². The number of anilines is 1. The van der Waals surface area contributed by atoms with Crippen LogP contribution in [0.25, 0.3) is 0 Å². The first-order valence-corrected chi connectivity index (χ1v) is 10.9. The van der Waals surface area contributed by atoms with Gasteiger partial charge in [-0.2, -0.15) is 0 Å². The lowest BCUT2D eigenvalue weighted by Gasteiger charge is -2.21.